The van der Waals surface area contributed by atoms with Gasteiger partial charge in [0.25, 0.3) is 0 Å². The molecule has 90 valence electrons. The lowest BCUT2D eigenvalue weighted by Crippen LogP contribution is -2.49. The van der Waals surface area contributed by atoms with E-state index >= 15 is 0 Å². The molecule has 0 aromatic carbocycles. The molecule has 0 amide bonds. The van der Waals surface area contributed by atoms with Gasteiger partial charge in [0.15, 0.2) is 0 Å². The van der Waals surface area contributed by atoms with Crippen LogP contribution in [0.3, 0.4) is 0 Å². The summed E-state index contributed by atoms with van der Waals surface area (Å²) in [5.41, 5.74) is 0. The van der Waals surface area contributed by atoms with Gasteiger partial charge in [-0.15, -0.1) is 0 Å². The second-order valence-corrected chi connectivity index (χ2v) is 4.52. The first kappa shape index (κ1) is 12.9. The van der Waals surface area contributed by atoms with E-state index in [-0.39, 0.29) is 0 Å². The Hall–Kier alpha value is -0.120. The molecule has 0 radical (unpaired) electrons. The molecule has 0 bridgehead atoms. The maximum atomic E-state index is 9.94. The molecule has 3 heteroatoms. The molecule has 2 N–H and O–H groups in total. The highest BCUT2D eigenvalue weighted by atomic mass is 16.3. The average Bonchev–Trinajstić information content (AvgIpc) is 2.30. The van der Waals surface area contributed by atoms with Gasteiger partial charge in [0.05, 0.1) is 0 Å². The lowest BCUT2D eigenvalue weighted by Gasteiger charge is -2.40. The SMILES string of the molecule is CCC(O)N(C(O)CC)C1CCCCC1. The number of rotatable bonds is 5. The van der Waals surface area contributed by atoms with Gasteiger partial charge in [-0.1, -0.05) is 33.1 Å². The van der Waals surface area contributed by atoms with Gasteiger partial charge < -0.3 is 10.2 Å². The first-order valence-corrected chi connectivity index (χ1v) is 6.34. The first-order chi connectivity index (χ1) is 7.20. The smallest absolute Gasteiger partial charge is 0.109 e. The highest BCUT2D eigenvalue weighted by molar-refractivity contribution is 4.78. The van der Waals surface area contributed by atoms with E-state index < -0.39 is 12.5 Å². The third-order valence-electron chi connectivity index (χ3n) is 3.41. The highest BCUT2D eigenvalue weighted by Crippen LogP contribution is 2.26. The lowest BCUT2D eigenvalue weighted by atomic mass is 9.93. The van der Waals surface area contributed by atoms with Gasteiger partial charge in [0.2, 0.25) is 0 Å². The Morgan fingerprint density at radius 1 is 1.00 bits per heavy atom. The molecule has 3 nitrogen and oxygen atoms in total. The quantitative estimate of drug-likeness (QED) is 0.690. The molecule has 2 atom stereocenters. The van der Waals surface area contributed by atoms with Gasteiger partial charge >= 0.3 is 0 Å². The normalized spacial score (nSPS) is 23.0. The van der Waals surface area contributed by atoms with Crippen molar-refractivity contribution in [3.8, 4) is 0 Å². The fraction of sp³-hybridized carbons (Fsp3) is 1.00. The topological polar surface area (TPSA) is 43.7 Å². The summed E-state index contributed by atoms with van der Waals surface area (Å²) >= 11 is 0. The third-order valence-corrected chi connectivity index (χ3v) is 3.41. The van der Waals surface area contributed by atoms with Crippen LogP contribution in [-0.4, -0.2) is 33.6 Å². The molecule has 0 aromatic heterocycles. The van der Waals surface area contributed by atoms with Crippen molar-refractivity contribution in [1.29, 1.82) is 0 Å². The van der Waals surface area contributed by atoms with Crippen LogP contribution in [0.2, 0.25) is 0 Å². The van der Waals surface area contributed by atoms with Crippen LogP contribution in [0.5, 0.6) is 0 Å². The van der Waals surface area contributed by atoms with Crippen LogP contribution in [0.25, 0.3) is 0 Å². The van der Waals surface area contributed by atoms with Crippen LogP contribution in [0.15, 0.2) is 0 Å². The van der Waals surface area contributed by atoms with Crippen LogP contribution in [0, 0.1) is 0 Å². The number of aliphatic hydroxyl groups is 2. The summed E-state index contributed by atoms with van der Waals surface area (Å²) in [6.45, 7) is 3.92. The molecule has 0 aromatic rings. The second-order valence-electron chi connectivity index (χ2n) is 4.52. The highest BCUT2D eigenvalue weighted by Gasteiger charge is 2.29. The standard InChI is InChI=1S/C12H25NO2/c1-3-11(14)13(12(15)4-2)10-8-6-5-7-9-10/h10-12,14-15H,3-9H2,1-2H3. The van der Waals surface area contributed by atoms with Gasteiger partial charge in [-0.2, -0.15) is 0 Å². The van der Waals surface area contributed by atoms with Crippen molar-refractivity contribution in [3.05, 3.63) is 0 Å². The summed E-state index contributed by atoms with van der Waals surface area (Å²) in [5, 5.41) is 19.9. The molecular formula is C12H25NO2. The van der Waals surface area contributed by atoms with E-state index in [2.05, 4.69) is 0 Å². The van der Waals surface area contributed by atoms with Gasteiger partial charge in [-0.25, -0.2) is 4.90 Å². The van der Waals surface area contributed by atoms with E-state index in [1.54, 1.807) is 0 Å². The number of aliphatic hydroxyl groups excluding tert-OH is 2. The fourth-order valence-electron chi connectivity index (χ4n) is 2.49. The number of hydrogen-bond acceptors (Lipinski definition) is 3. The predicted octanol–water partition coefficient (Wildman–Crippen LogP) is 2.08. The molecule has 2 unspecified atom stereocenters. The van der Waals surface area contributed by atoms with E-state index in [1.807, 2.05) is 18.7 Å². The van der Waals surface area contributed by atoms with Crippen LogP contribution in [0.4, 0.5) is 0 Å². The summed E-state index contributed by atoms with van der Waals surface area (Å²) in [4.78, 5) is 1.92. The molecular weight excluding hydrogens is 190 g/mol. The third kappa shape index (κ3) is 3.44. The maximum Gasteiger partial charge on any atom is 0.109 e. The van der Waals surface area contributed by atoms with Gasteiger partial charge in [-0.3, -0.25) is 0 Å². The van der Waals surface area contributed by atoms with Crippen molar-refractivity contribution >= 4 is 0 Å². The fourth-order valence-corrected chi connectivity index (χ4v) is 2.49. The van der Waals surface area contributed by atoms with Crippen molar-refractivity contribution in [3.63, 3.8) is 0 Å². The molecule has 1 fully saturated rings. The van der Waals surface area contributed by atoms with Gasteiger partial charge in [0, 0.05) is 6.04 Å². The largest absolute Gasteiger partial charge is 0.378 e. The van der Waals surface area contributed by atoms with E-state index in [9.17, 15) is 10.2 Å². The van der Waals surface area contributed by atoms with Crippen molar-refractivity contribution in [2.45, 2.75) is 77.3 Å². The van der Waals surface area contributed by atoms with E-state index in [1.165, 1.54) is 19.3 Å². The summed E-state index contributed by atoms with van der Waals surface area (Å²) in [6.07, 6.45) is 6.41. The Morgan fingerprint density at radius 2 is 1.47 bits per heavy atom. The van der Waals surface area contributed by atoms with Crippen LogP contribution in [-0.2, 0) is 0 Å². The zero-order valence-corrected chi connectivity index (χ0v) is 10.0. The molecule has 1 saturated carbocycles. The Morgan fingerprint density at radius 3 is 1.87 bits per heavy atom. The number of hydrogen-bond donors (Lipinski definition) is 2. The second kappa shape index (κ2) is 6.46. The summed E-state index contributed by atoms with van der Waals surface area (Å²) < 4.78 is 0. The summed E-state index contributed by atoms with van der Waals surface area (Å²) in [5.74, 6) is 0. The summed E-state index contributed by atoms with van der Waals surface area (Å²) in [7, 11) is 0. The zero-order valence-electron chi connectivity index (χ0n) is 10.0. The minimum atomic E-state index is -0.483. The minimum absolute atomic E-state index is 0.378. The van der Waals surface area contributed by atoms with Gasteiger partial charge in [0.1, 0.15) is 12.5 Å². The van der Waals surface area contributed by atoms with Crippen LogP contribution < -0.4 is 0 Å². The lowest BCUT2D eigenvalue weighted by molar-refractivity contribution is -0.133. The zero-order chi connectivity index (χ0) is 11.3. The monoisotopic (exact) mass is 215 g/mol. The van der Waals surface area contributed by atoms with E-state index in [0.717, 1.165) is 12.8 Å². The molecule has 0 heterocycles. The Balaban J connectivity index is 2.60. The molecule has 1 rings (SSSR count). The Bertz CT molecular complexity index is 159. The molecule has 1 aliphatic carbocycles. The minimum Gasteiger partial charge on any atom is -0.378 e. The molecule has 1 aliphatic rings. The predicted molar refractivity (Wildman–Crippen MR) is 61.3 cm³/mol. The van der Waals surface area contributed by atoms with E-state index in [0.29, 0.717) is 18.9 Å². The first-order valence-electron chi connectivity index (χ1n) is 6.34. The van der Waals surface area contributed by atoms with Gasteiger partial charge in [-0.05, 0) is 25.7 Å². The van der Waals surface area contributed by atoms with Crippen molar-refractivity contribution < 1.29 is 10.2 Å². The van der Waals surface area contributed by atoms with E-state index in [4.69, 9.17) is 0 Å². The van der Waals surface area contributed by atoms with Crippen molar-refractivity contribution in [2.75, 3.05) is 0 Å². The number of nitrogens with zero attached hydrogens (tertiary/aromatic N) is 1. The Labute approximate surface area is 93.1 Å². The van der Waals surface area contributed by atoms with Crippen molar-refractivity contribution in [2.24, 2.45) is 0 Å². The Kier molecular flexibility index (Phi) is 5.58. The summed E-state index contributed by atoms with van der Waals surface area (Å²) in [6, 6.07) is 0.378. The maximum absolute atomic E-state index is 9.94. The molecule has 15 heavy (non-hydrogen) atoms. The molecule has 0 aliphatic heterocycles. The molecule has 0 saturated heterocycles. The average molecular weight is 215 g/mol. The van der Waals surface area contributed by atoms with Crippen molar-refractivity contribution in [1.82, 2.24) is 4.90 Å². The molecule has 0 spiro atoms. The van der Waals surface area contributed by atoms with Crippen LogP contribution >= 0.6 is 0 Å². The van der Waals surface area contributed by atoms with Crippen LogP contribution in [0.1, 0.15) is 58.8 Å².